The van der Waals surface area contributed by atoms with Crippen LogP contribution in [0.25, 0.3) is 20.8 Å². The van der Waals surface area contributed by atoms with E-state index in [4.69, 9.17) is 11.6 Å². The van der Waals surface area contributed by atoms with Crippen LogP contribution < -0.4 is 4.72 Å². The van der Waals surface area contributed by atoms with Gasteiger partial charge in [0.1, 0.15) is 15.8 Å². The lowest BCUT2D eigenvalue weighted by Crippen LogP contribution is -2.12. The molecule has 0 spiro atoms. The van der Waals surface area contributed by atoms with E-state index in [9.17, 15) is 12.8 Å². The molecule has 4 nitrogen and oxygen atoms in total. The summed E-state index contributed by atoms with van der Waals surface area (Å²) in [6, 6.07) is 12.8. The first-order valence-electron chi connectivity index (χ1n) is 7.35. The van der Waals surface area contributed by atoms with Crippen molar-refractivity contribution >= 4 is 59.5 Å². The third kappa shape index (κ3) is 3.21. The fraction of sp³-hybridized carbons (Fsp3) is 0. The topological polar surface area (TPSA) is 59.1 Å². The zero-order chi connectivity index (χ0) is 18.3. The van der Waals surface area contributed by atoms with Crippen molar-refractivity contribution in [1.29, 1.82) is 0 Å². The maximum Gasteiger partial charge on any atom is 0.262 e. The number of nitrogens with zero attached hydrogens (tertiary/aromatic N) is 1. The van der Waals surface area contributed by atoms with E-state index in [2.05, 4.69) is 9.71 Å². The van der Waals surface area contributed by atoms with Crippen molar-refractivity contribution in [2.75, 3.05) is 4.72 Å². The third-order valence-corrected chi connectivity index (χ3v) is 7.28. The number of nitrogens with one attached hydrogen (secondary N) is 1. The molecule has 26 heavy (non-hydrogen) atoms. The quantitative estimate of drug-likeness (QED) is 0.462. The molecule has 132 valence electrons. The Morgan fingerprint density at radius 1 is 1.12 bits per heavy atom. The van der Waals surface area contributed by atoms with Crippen molar-refractivity contribution in [1.82, 2.24) is 4.98 Å². The number of halogens is 2. The highest BCUT2D eigenvalue weighted by Crippen LogP contribution is 2.38. The molecule has 0 amide bonds. The van der Waals surface area contributed by atoms with Crippen molar-refractivity contribution in [2.45, 2.75) is 4.90 Å². The van der Waals surface area contributed by atoms with Crippen LogP contribution in [0, 0.1) is 5.82 Å². The average Bonchev–Trinajstić information content (AvgIpc) is 3.22. The van der Waals surface area contributed by atoms with Gasteiger partial charge in [0, 0.05) is 5.56 Å². The average molecular weight is 425 g/mol. The van der Waals surface area contributed by atoms with Crippen molar-refractivity contribution in [2.24, 2.45) is 0 Å². The van der Waals surface area contributed by atoms with Crippen LogP contribution in [0.4, 0.5) is 9.39 Å². The van der Waals surface area contributed by atoms with Gasteiger partial charge in [-0.15, -0.1) is 22.7 Å². The summed E-state index contributed by atoms with van der Waals surface area (Å²) in [5, 5.41) is 2.72. The van der Waals surface area contributed by atoms with Crippen LogP contribution >= 0.6 is 34.3 Å². The van der Waals surface area contributed by atoms with Gasteiger partial charge in [-0.1, -0.05) is 23.7 Å². The summed E-state index contributed by atoms with van der Waals surface area (Å²) in [4.78, 5) is 4.46. The molecular weight excluding hydrogens is 415 g/mol. The number of para-hydroxylation sites is 1. The van der Waals surface area contributed by atoms with Gasteiger partial charge in [-0.25, -0.2) is 17.8 Å². The third-order valence-electron chi connectivity index (χ3n) is 3.62. The summed E-state index contributed by atoms with van der Waals surface area (Å²) in [7, 11) is -3.90. The van der Waals surface area contributed by atoms with Crippen molar-refractivity contribution in [3.63, 3.8) is 0 Å². The van der Waals surface area contributed by atoms with Crippen LogP contribution in [0.5, 0.6) is 0 Å². The molecule has 0 saturated heterocycles. The molecular formula is C17H10ClFN2O2S3. The van der Waals surface area contributed by atoms with Crippen LogP contribution in [0.15, 0.2) is 58.8 Å². The Hall–Kier alpha value is -2.00. The molecule has 9 heteroatoms. The van der Waals surface area contributed by atoms with E-state index in [1.165, 1.54) is 28.7 Å². The van der Waals surface area contributed by atoms with E-state index < -0.39 is 15.8 Å². The molecule has 0 atom stereocenters. The molecule has 0 aliphatic heterocycles. The fourth-order valence-corrected chi connectivity index (χ4v) is 5.82. The summed E-state index contributed by atoms with van der Waals surface area (Å²) in [6.07, 6.45) is 0. The second kappa shape index (κ2) is 6.62. The Labute approximate surface area is 162 Å². The molecule has 2 aromatic carbocycles. The van der Waals surface area contributed by atoms with Crippen molar-refractivity contribution in [3.05, 3.63) is 64.8 Å². The first-order chi connectivity index (χ1) is 12.4. The Balaban J connectivity index is 1.71. The lowest BCUT2D eigenvalue weighted by molar-refractivity contribution is 0.600. The van der Waals surface area contributed by atoms with Crippen LogP contribution in [0.3, 0.4) is 0 Å². The SMILES string of the molecule is O=S(=O)(Nc1sccc1-c1nc2ccccc2s1)c1ccc(F)c(Cl)c1. The van der Waals surface area contributed by atoms with E-state index in [-0.39, 0.29) is 9.92 Å². The number of hydrogen-bond acceptors (Lipinski definition) is 5. The standard InChI is InChI=1S/C17H10ClFN2O2S3/c18-12-9-10(5-6-13(12)19)26(22,23)21-17-11(7-8-24-17)16-20-14-3-1-2-4-15(14)25-16/h1-9,21H. The van der Waals surface area contributed by atoms with Crippen LogP contribution in [-0.4, -0.2) is 13.4 Å². The summed E-state index contributed by atoms with van der Waals surface area (Å²) in [5.74, 6) is -0.670. The molecule has 4 rings (SSSR count). The Morgan fingerprint density at radius 3 is 2.69 bits per heavy atom. The van der Waals surface area contributed by atoms with Gasteiger partial charge in [0.25, 0.3) is 10.0 Å². The molecule has 0 aliphatic rings. The van der Waals surface area contributed by atoms with Gasteiger partial charge in [0.15, 0.2) is 0 Å². The van der Waals surface area contributed by atoms with Gasteiger partial charge in [-0.05, 0) is 41.8 Å². The number of hydrogen-bond donors (Lipinski definition) is 1. The Bertz CT molecular complexity index is 1180. The van der Waals surface area contributed by atoms with E-state index in [0.717, 1.165) is 27.4 Å². The van der Waals surface area contributed by atoms with Gasteiger partial charge >= 0.3 is 0 Å². The summed E-state index contributed by atoms with van der Waals surface area (Å²) >= 11 is 8.44. The summed E-state index contributed by atoms with van der Waals surface area (Å²) in [6.45, 7) is 0. The second-order valence-corrected chi connectivity index (χ2v) is 9.37. The lowest BCUT2D eigenvalue weighted by Gasteiger charge is -2.08. The molecule has 0 saturated carbocycles. The summed E-state index contributed by atoms with van der Waals surface area (Å²) < 4.78 is 42.1. The smallest absolute Gasteiger partial charge is 0.262 e. The zero-order valence-electron chi connectivity index (χ0n) is 12.9. The maximum atomic E-state index is 13.3. The van der Waals surface area contributed by atoms with E-state index in [1.54, 1.807) is 5.38 Å². The number of thiophene rings is 1. The first-order valence-corrected chi connectivity index (χ1v) is 10.9. The molecule has 0 unspecified atom stereocenters. The molecule has 0 bridgehead atoms. The van der Waals surface area contributed by atoms with Gasteiger partial charge in [0.05, 0.1) is 20.1 Å². The van der Waals surface area contributed by atoms with Crippen molar-refractivity contribution < 1.29 is 12.8 Å². The maximum absolute atomic E-state index is 13.3. The van der Waals surface area contributed by atoms with Gasteiger partial charge in [-0.2, -0.15) is 0 Å². The molecule has 0 radical (unpaired) electrons. The minimum absolute atomic E-state index is 0.104. The van der Waals surface area contributed by atoms with Crippen LogP contribution in [0.2, 0.25) is 5.02 Å². The molecule has 4 aromatic rings. The van der Waals surface area contributed by atoms with Gasteiger partial charge in [-0.3, -0.25) is 4.72 Å². The molecule has 2 heterocycles. The second-order valence-electron chi connectivity index (χ2n) is 5.33. The minimum atomic E-state index is -3.90. The number of rotatable bonds is 4. The normalized spacial score (nSPS) is 11.8. The molecule has 1 N–H and O–H groups in total. The molecule has 0 aliphatic carbocycles. The fourth-order valence-electron chi connectivity index (χ4n) is 2.37. The number of sulfonamides is 1. The van der Waals surface area contributed by atoms with E-state index in [1.807, 2.05) is 30.3 Å². The lowest BCUT2D eigenvalue weighted by atomic mass is 10.3. The largest absolute Gasteiger partial charge is 0.270 e. The van der Waals surface area contributed by atoms with E-state index in [0.29, 0.717) is 10.6 Å². The predicted molar refractivity (Wildman–Crippen MR) is 105 cm³/mol. The van der Waals surface area contributed by atoms with Crippen molar-refractivity contribution in [3.8, 4) is 10.6 Å². The first kappa shape index (κ1) is 17.4. The van der Waals surface area contributed by atoms with Gasteiger partial charge < -0.3 is 0 Å². The number of anilines is 1. The zero-order valence-corrected chi connectivity index (χ0v) is 16.1. The van der Waals surface area contributed by atoms with E-state index >= 15 is 0 Å². The highest BCUT2D eigenvalue weighted by molar-refractivity contribution is 7.93. The molecule has 2 aromatic heterocycles. The van der Waals surface area contributed by atoms with Crippen LogP contribution in [0.1, 0.15) is 0 Å². The predicted octanol–water partition coefficient (Wildman–Crippen LogP) is 5.62. The Kier molecular flexibility index (Phi) is 4.44. The summed E-state index contributed by atoms with van der Waals surface area (Å²) in [5.41, 5.74) is 1.56. The highest BCUT2D eigenvalue weighted by atomic mass is 35.5. The highest BCUT2D eigenvalue weighted by Gasteiger charge is 2.20. The van der Waals surface area contributed by atoms with Gasteiger partial charge in [0.2, 0.25) is 0 Å². The minimum Gasteiger partial charge on any atom is -0.270 e. The number of aromatic nitrogens is 1. The number of benzene rings is 2. The number of thiazole rings is 1. The monoisotopic (exact) mass is 424 g/mol. The molecule has 0 fully saturated rings. The van der Waals surface area contributed by atoms with Crippen LogP contribution in [-0.2, 0) is 10.0 Å². The number of fused-ring (bicyclic) bond motifs is 1. The Morgan fingerprint density at radius 2 is 1.92 bits per heavy atom.